The van der Waals surface area contributed by atoms with E-state index < -0.39 is 67.4 Å². The lowest BCUT2D eigenvalue weighted by molar-refractivity contribution is -0.305. The minimum atomic E-state index is -1.61. The average Bonchev–Trinajstić information content (AvgIpc) is 3.37. The number of hydrogen-bond donors (Lipinski definition) is 6. The molecule has 0 aromatic rings. The zero-order valence-corrected chi connectivity index (χ0v) is 45.9. The number of carbonyl (C=O) groups is 2. The molecule has 8 unspecified atom stereocenters. The maximum absolute atomic E-state index is 13.3. The van der Waals surface area contributed by atoms with Gasteiger partial charge in [0.05, 0.1) is 25.4 Å². The van der Waals surface area contributed by atoms with E-state index in [2.05, 4.69) is 50.4 Å². The highest BCUT2D eigenvalue weighted by Gasteiger charge is 2.47. The first-order valence-corrected chi connectivity index (χ1v) is 29.8. The van der Waals surface area contributed by atoms with Crippen LogP contribution in [0.2, 0.25) is 0 Å². The first kappa shape index (κ1) is 66.9. The summed E-state index contributed by atoms with van der Waals surface area (Å²) >= 11 is 0. The van der Waals surface area contributed by atoms with Gasteiger partial charge in [-0.25, -0.2) is 0 Å². The van der Waals surface area contributed by atoms with Crippen molar-refractivity contribution < 1.29 is 49.3 Å². The minimum absolute atomic E-state index is 0.124. The molecule has 0 aliphatic carbocycles. The summed E-state index contributed by atoms with van der Waals surface area (Å²) in [5.74, 6) is -1.20. The zero-order chi connectivity index (χ0) is 51.8. The van der Waals surface area contributed by atoms with Crippen LogP contribution in [0.5, 0.6) is 0 Å². The van der Waals surface area contributed by atoms with E-state index in [-0.39, 0.29) is 19.4 Å². The molecule has 1 fully saturated rings. The molecule has 1 amide bonds. The maximum Gasteiger partial charge on any atom is 0.306 e. The Hall–Kier alpha value is -2.12. The predicted octanol–water partition coefficient (Wildman–Crippen LogP) is 13.5. The Kier molecular flexibility index (Phi) is 46.0. The van der Waals surface area contributed by atoms with Crippen molar-refractivity contribution in [2.24, 2.45) is 0 Å². The molecular formula is C60H111NO10. The standard InChI is InChI=1S/C60H111NO10/c1-4-7-10-13-16-19-22-23-24-25-26-27-28-29-30-31-33-36-39-42-45-48-55(65)71-58-57(67)56(66)54(49-62)70-60(58)69-50-51(52(63)46-43-40-37-35-32-20-17-14-11-8-5-2)61-59(68)53(64)47-44-41-38-34-21-18-15-12-9-6-3/h15,18,23-24,43,46,51-54,56-58,60,62-64,66-67H,4-14,16-17,19-22,25-42,44-45,47-50H2,1-3H3,(H,61,68)/b18-15-,24-23+,46-43+. The number of carbonyl (C=O) groups excluding carboxylic acids is 2. The number of hydrogen-bond acceptors (Lipinski definition) is 10. The second-order valence-corrected chi connectivity index (χ2v) is 20.7. The Morgan fingerprint density at radius 2 is 0.944 bits per heavy atom. The normalized spacial score (nSPS) is 19.8. The molecule has 11 heteroatoms. The van der Waals surface area contributed by atoms with Crippen LogP contribution >= 0.6 is 0 Å². The highest BCUT2D eigenvalue weighted by atomic mass is 16.7. The van der Waals surface area contributed by atoms with Gasteiger partial charge < -0.3 is 45.1 Å². The second kappa shape index (κ2) is 48.8. The van der Waals surface area contributed by atoms with Crippen molar-refractivity contribution in [3.05, 3.63) is 36.5 Å². The number of amides is 1. The molecule has 0 bridgehead atoms. The molecule has 416 valence electrons. The Morgan fingerprint density at radius 3 is 1.41 bits per heavy atom. The fraction of sp³-hybridized carbons (Fsp3) is 0.867. The number of aliphatic hydroxyl groups is 5. The van der Waals surface area contributed by atoms with Gasteiger partial charge in [0.1, 0.15) is 24.4 Å². The van der Waals surface area contributed by atoms with E-state index in [0.717, 1.165) is 70.6 Å². The van der Waals surface area contributed by atoms with Crippen LogP contribution in [0.3, 0.4) is 0 Å². The van der Waals surface area contributed by atoms with E-state index in [4.69, 9.17) is 14.2 Å². The summed E-state index contributed by atoms with van der Waals surface area (Å²) < 4.78 is 17.6. The predicted molar refractivity (Wildman–Crippen MR) is 292 cm³/mol. The molecule has 0 radical (unpaired) electrons. The molecule has 0 saturated carbocycles. The van der Waals surface area contributed by atoms with Gasteiger partial charge in [0, 0.05) is 6.42 Å². The van der Waals surface area contributed by atoms with Gasteiger partial charge in [-0.15, -0.1) is 0 Å². The largest absolute Gasteiger partial charge is 0.454 e. The first-order chi connectivity index (χ1) is 34.7. The molecule has 0 aromatic heterocycles. The maximum atomic E-state index is 13.3. The van der Waals surface area contributed by atoms with Gasteiger partial charge in [0.15, 0.2) is 12.4 Å². The van der Waals surface area contributed by atoms with Crippen LogP contribution in [-0.2, 0) is 23.8 Å². The number of unbranched alkanes of at least 4 members (excludes halogenated alkanes) is 32. The Morgan fingerprint density at radius 1 is 0.535 bits per heavy atom. The monoisotopic (exact) mass is 1010 g/mol. The van der Waals surface area contributed by atoms with Crippen molar-refractivity contribution in [3.63, 3.8) is 0 Å². The summed E-state index contributed by atoms with van der Waals surface area (Å²) in [6.45, 7) is 5.73. The van der Waals surface area contributed by atoms with E-state index in [0.29, 0.717) is 12.8 Å². The molecule has 1 aliphatic heterocycles. The molecule has 6 N–H and O–H groups in total. The zero-order valence-electron chi connectivity index (χ0n) is 45.9. The van der Waals surface area contributed by atoms with E-state index in [1.165, 1.54) is 154 Å². The molecule has 11 nitrogen and oxygen atoms in total. The van der Waals surface area contributed by atoms with Gasteiger partial charge in [-0.05, 0) is 70.6 Å². The van der Waals surface area contributed by atoms with Crippen molar-refractivity contribution >= 4 is 11.9 Å². The first-order valence-electron chi connectivity index (χ1n) is 29.8. The third-order valence-electron chi connectivity index (χ3n) is 14.0. The Bertz CT molecular complexity index is 1290. The van der Waals surface area contributed by atoms with Crippen LogP contribution in [0.1, 0.15) is 271 Å². The average molecular weight is 1010 g/mol. The van der Waals surface area contributed by atoms with Crippen LogP contribution in [0, 0.1) is 0 Å². The van der Waals surface area contributed by atoms with Crippen molar-refractivity contribution in [2.75, 3.05) is 13.2 Å². The van der Waals surface area contributed by atoms with Gasteiger partial charge in [0.2, 0.25) is 5.91 Å². The summed E-state index contributed by atoms with van der Waals surface area (Å²) in [6.07, 6.45) is 46.3. The molecule has 1 rings (SSSR count). The van der Waals surface area contributed by atoms with Crippen molar-refractivity contribution in [1.82, 2.24) is 5.32 Å². The highest BCUT2D eigenvalue weighted by molar-refractivity contribution is 5.80. The van der Waals surface area contributed by atoms with Crippen molar-refractivity contribution in [3.8, 4) is 0 Å². The third-order valence-corrected chi connectivity index (χ3v) is 14.0. The smallest absolute Gasteiger partial charge is 0.306 e. The van der Waals surface area contributed by atoms with Crippen molar-refractivity contribution in [2.45, 2.75) is 320 Å². The Labute approximate surface area is 434 Å². The van der Waals surface area contributed by atoms with Crippen LogP contribution in [0.25, 0.3) is 0 Å². The lowest BCUT2D eigenvalue weighted by Crippen LogP contribution is -2.61. The number of allylic oxidation sites excluding steroid dienone is 5. The molecule has 0 spiro atoms. The van der Waals surface area contributed by atoms with E-state index in [1.54, 1.807) is 6.08 Å². The van der Waals surface area contributed by atoms with Gasteiger partial charge >= 0.3 is 5.97 Å². The Balaban J connectivity index is 2.63. The van der Waals surface area contributed by atoms with E-state index >= 15 is 0 Å². The number of rotatable bonds is 50. The SMILES string of the molecule is CCCC/C=C\CCCCCCC(O)C(=O)NC(COC1OC(CO)C(O)C(O)C1OC(=O)CCCCCCCCCCCCC/C=C/CCCCCCCC)C(O)/C=C/CCCCCCCCCCC. The minimum Gasteiger partial charge on any atom is -0.454 e. The quantitative estimate of drug-likeness (QED) is 0.0195. The molecule has 1 saturated heterocycles. The third kappa shape index (κ3) is 37.3. The van der Waals surface area contributed by atoms with Gasteiger partial charge in [-0.1, -0.05) is 231 Å². The van der Waals surface area contributed by atoms with Crippen molar-refractivity contribution in [1.29, 1.82) is 0 Å². The summed E-state index contributed by atoms with van der Waals surface area (Å²) in [7, 11) is 0. The van der Waals surface area contributed by atoms with Crippen LogP contribution in [0.15, 0.2) is 36.5 Å². The number of nitrogens with one attached hydrogen (secondary N) is 1. The fourth-order valence-corrected chi connectivity index (χ4v) is 9.22. The fourth-order valence-electron chi connectivity index (χ4n) is 9.22. The molecule has 0 aromatic carbocycles. The molecular weight excluding hydrogens is 895 g/mol. The van der Waals surface area contributed by atoms with Gasteiger partial charge in [-0.3, -0.25) is 9.59 Å². The number of esters is 1. The van der Waals surface area contributed by atoms with Gasteiger partial charge in [-0.2, -0.15) is 0 Å². The highest BCUT2D eigenvalue weighted by Crippen LogP contribution is 2.26. The second-order valence-electron chi connectivity index (χ2n) is 20.7. The van der Waals surface area contributed by atoms with E-state index in [1.807, 2.05) is 6.08 Å². The summed E-state index contributed by atoms with van der Waals surface area (Å²) in [4.78, 5) is 26.4. The molecule has 1 aliphatic rings. The summed E-state index contributed by atoms with van der Waals surface area (Å²) in [6, 6.07) is -1.02. The van der Waals surface area contributed by atoms with E-state index in [9.17, 15) is 35.1 Å². The molecule has 71 heavy (non-hydrogen) atoms. The number of aliphatic hydroxyl groups excluding tert-OH is 5. The van der Waals surface area contributed by atoms with Crippen LogP contribution < -0.4 is 5.32 Å². The topological polar surface area (TPSA) is 175 Å². The summed E-state index contributed by atoms with van der Waals surface area (Å²) in [5, 5.41) is 56.7. The lowest BCUT2D eigenvalue weighted by Gasteiger charge is -2.41. The number of ether oxygens (including phenoxy) is 3. The van der Waals surface area contributed by atoms with Crippen LogP contribution in [0.4, 0.5) is 0 Å². The molecule has 8 atom stereocenters. The lowest BCUT2D eigenvalue weighted by atomic mass is 9.99. The van der Waals surface area contributed by atoms with Crippen LogP contribution in [-0.4, -0.2) is 99.6 Å². The summed E-state index contributed by atoms with van der Waals surface area (Å²) in [5.41, 5.74) is 0. The molecule has 1 heterocycles. The van der Waals surface area contributed by atoms with Gasteiger partial charge in [0.25, 0.3) is 0 Å².